The maximum Gasteiger partial charge on any atom is 0.307 e. The van der Waals surface area contributed by atoms with Crippen molar-refractivity contribution < 1.29 is 14.6 Å². The third kappa shape index (κ3) is 4.49. The van der Waals surface area contributed by atoms with Gasteiger partial charge in [-0.05, 0) is 79.1 Å². The van der Waals surface area contributed by atoms with Crippen LogP contribution in [0.3, 0.4) is 0 Å². The molecule has 1 atom stereocenters. The molecule has 0 bridgehead atoms. The largest absolute Gasteiger partial charge is 0.490 e. The first kappa shape index (κ1) is 19.3. The Kier molecular flexibility index (Phi) is 5.86. The summed E-state index contributed by atoms with van der Waals surface area (Å²) in [7, 11) is 0. The van der Waals surface area contributed by atoms with Crippen molar-refractivity contribution in [1.82, 2.24) is 4.90 Å². The summed E-state index contributed by atoms with van der Waals surface area (Å²) in [6.45, 7) is 4.62. The molecule has 1 N–H and O–H groups in total. The second-order valence-electron chi connectivity index (χ2n) is 8.57. The fourth-order valence-corrected chi connectivity index (χ4v) is 4.73. The van der Waals surface area contributed by atoms with E-state index in [2.05, 4.69) is 48.2 Å². The van der Waals surface area contributed by atoms with E-state index in [9.17, 15) is 4.79 Å². The number of carbonyl (C=O) groups is 1. The first-order valence-corrected chi connectivity index (χ1v) is 10.7. The van der Waals surface area contributed by atoms with Crippen LogP contribution in [0.1, 0.15) is 51.0 Å². The molecule has 1 saturated heterocycles. The van der Waals surface area contributed by atoms with Crippen molar-refractivity contribution in [1.29, 1.82) is 0 Å². The van der Waals surface area contributed by atoms with Crippen molar-refractivity contribution in [3.8, 4) is 5.75 Å². The number of hydrogen-bond acceptors (Lipinski definition) is 3. The van der Waals surface area contributed by atoms with Gasteiger partial charge in [0.1, 0.15) is 5.75 Å². The Bertz CT molecular complexity index is 826. The molecule has 4 heteroatoms. The number of carboxylic acids is 1. The van der Waals surface area contributed by atoms with Crippen molar-refractivity contribution in [2.45, 2.75) is 58.1 Å². The number of aliphatic carboxylic acids is 1. The van der Waals surface area contributed by atoms with E-state index in [1.54, 1.807) is 0 Å². The number of carboxylic acid groups (broad SMARTS) is 1. The topological polar surface area (TPSA) is 49.8 Å². The van der Waals surface area contributed by atoms with Gasteiger partial charge in [-0.25, -0.2) is 0 Å². The zero-order valence-electron chi connectivity index (χ0n) is 16.8. The number of likely N-dealkylation sites (tertiary alicyclic amines) is 1. The van der Waals surface area contributed by atoms with Crippen LogP contribution >= 0.6 is 0 Å². The minimum Gasteiger partial charge on any atom is -0.490 e. The molecule has 1 aliphatic heterocycles. The molecule has 2 aromatic rings. The van der Waals surface area contributed by atoms with Gasteiger partial charge in [-0.1, -0.05) is 31.5 Å². The monoisotopic (exact) mass is 381 g/mol. The summed E-state index contributed by atoms with van der Waals surface area (Å²) in [6.07, 6.45) is 7.32. The quantitative estimate of drug-likeness (QED) is 0.757. The molecular weight excluding hydrogens is 350 g/mol. The molecule has 4 nitrogen and oxygen atoms in total. The molecule has 0 amide bonds. The number of benzene rings is 2. The molecule has 4 rings (SSSR count). The maximum absolute atomic E-state index is 11.1. The highest BCUT2D eigenvalue weighted by Gasteiger charge is 2.27. The average molecular weight is 382 g/mol. The highest BCUT2D eigenvalue weighted by atomic mass is 16.5. The molecule has 2 aliphatic rings. The Balaban J connectivity index is 1.38. The van der Waals surface area contributed by atoms with Crippen LogP contribution in [-0.4, -0.2) is 35.2 Å². The van der Waals surface area contributed by atoms with Gasteiger partial charge < -0.3 is 9.84 Å². The Labute approximate surface area is 167 Å². The normalized spacial score (nSPS) is 25.8. The van der Waals surface area contributed by atoms with E-state index < -0.39 is 5.97 Å². The summed E-state index contributed by atoms with van der Waals surface area (Å²) in [5.74, 6) is 0.976. The Hall–Kier alpha value is -2.07. The van der Waals surface area contributed by atoms with Crippen LogP contribution < -0.4 is 4.74 Å². The molecule has 2 fully saturated rings. The summed E-state index contributed by atoms with van der Waals surface area (Å²) < 4.78 is 6.26. The molecule has 0 radical (unpaired) electrons. The van der Waals surface area contributed by atoms with Crippen molar-refractivity contribution >= 4 is 16.7 Å². The van der Waals surface area contributed by atoms with E-state index in [0.717, 1.165) is 31.2 Å². The fraction of sp³-hybridized carbons (Fsp3) is 0.542. The SMILES string of the molecule is CCC1CCC(Oc2ccc3cc(CN4CC[C@@H](C(=O)O)C4)ccc3c2)CC1. The minimum absolute atomic E-state index is 0.215. The fourth-order valence-electron chi connectivity index (χ4n) is 4.73. The van der Waals surface area contributed by atoms with E-state index in [1.165, 1.54) is 48.4 Å². The molecule has 0 spiro atoms. The summed E-state index contributed by atoms with van der Waals surface area (Å²) >= 11 is 0. The standard InChI is InChI=1S/C24H31NO3/c1-2-17-4-8-22(9-5-17)28-23-10-7-19-13-18(3-6-20(19)14-23)15-25-12-11-21(16-25)24(26)27/h3,6-7,10,13-14,17,21-22H,2,4-5,8-9,11-12,15-16H2,1H3,(H,26,27)/t17?,21-,22?/m1/s1. The number of nitrogens with zero attached hydrogens (tertiary/aromatic N) is 1. The molecule has 28 heavy (non-hydrogen) atoms. The molecular formula is C24H31NO3. The van der Waals surface area contributed by atoms with Crippen LogP contribution in [0.15, 0.2) is 36.4 Å². The van der Waals surface area contributed by atoms with Gasteiger partial charge in [-0.3, -0.25) is 9.69 Å². The third-order valence-electron chi connectivity index (χ3n) is 6.58. The number of hydrogen-bond donors (Lipinski definition) is 1. The zero-order chi connectivity index (χ0) is 19.5. The van der Waals surface area contributed by atoms with Crippen LogP contribution in [0.5, 0.6) is 5.75 Å². The predicted molar refractivity (Wildman–Crippen MR) is 112 cm³/mol. The summed E-state index contributed by atoms with van der Waals surface area (Å²) in [5.41, 5.74) is 1.24. The second-order valence-corrected chi connectivity index (χ2v) is 8.57. The highest BCUT2D eigenvalue weighted by molar-refractivity contribution is 5.84. The zero-order valence-corrected chi connectivity index (χ0v) is 16.8. The average Bonchev–Trinajstić information content (AvgIpc) is 3.17. The van der Waals surface area contributed by atoms with Crippen LogP contribution in [-0.2, 0) is 11.3 Å². The Morgan fingerprint density at radius 2 is 1.82 bits per heavy atom. The Morgan fingerprint density at radius 1 is 1.07 bits per heavy atom. The maximum atomic E-state index is 11.1. The second kappa shape index (κ2) is 8.52. The molecule has 150 valence electrons. The third-order valence-corrected chi connectivity index (χ3v) is 6.58. The number of fused-ring (bicyclic) bond motifs is 1. The van der Waals surface area contributed by atoms with Gasteiger partial charge >= 0.3 is 5.97 Å². The highest BCUT2D eigenvalue weighted by Crippen LogP contribution is 2.31. The lowest BCUT2D eigenvalue weighted by atomic mass is 9.86. The van der Waals surface area contributed by atoms with Crippen LogP contribution in [0.4, 0.5) is 0 Å². The van der Waals surface area contributed by atoms with E-state index in [0.29, 0.717) is 12.6 Å². The minimum atomic E-state index is -0.670. The van der Waals surface area contributed by atoms with Gasteiger partial charge in [0.15, 0.2) is 0 Å². The van der Waals surface area contributed by atoms with Crippen molar-refractivity contribution in [3.63, 3.8) is 0 Å². The lowest BCUT2D eigenvalue weighted by Crippen LogP contribution is -2.23. The smallest absolute Gasteiger partial charge is 0.307 e. The van der Waals surface area contributed by atoms with Gasteiger partial charge in [0.25, 0.3) is 0 Å². The van der Waals surface area contributed by atoms with Gasteiger partial charge in [0.2, 0.25) is 0 Å². The van der Waals surface area contributed by atoms with Gasteiger partial charge in [-0.2, -0.15) is 0 Å². The summed E-state index contributed by atoms with van der Waals surface area (Å²) in [6, 6.07) is 12.9. The first-order chi connectivity index (χ1) is 13.6. The van der Waals surface area contributed by atoms with E-state index in [1.807, 2.05) is 0 Å². The summed E-state index contributed by atoms with van der Waals surface area (Å²) in [4.78, 5) is 13.4. The molecule has 1 aliphatic carbocycles. The van der Waals surface area contributed by atoms with Gasteiger partial charge in [0, 0.05) is 13.1 Å². The van der Waals surface area contributed by atoms with E-state index in [4.69, 9.17) is 9.84 Å². The first-order valence-electron chi connectivity index (χ1n) is 10.7. The van der Waals surface area contributed by atoms with Crippen LogP contribution in [0, 0.1) is 11.8 Å². The van der Waals surface area contributed by atoms with Crippen molar-refractivity contribution in [2.75, 3.05) is 13.1 Å². The Morgan fingerprint density at radius 3 is 2.54 bits per heavy atom. The summed E-state index contributed by atoms with van der Waals surface area (Å²) in [5, 5.41) is 11.6. The molecule has 1 saturated carbocycles. The van der Waals surface area contributed by atoms with Crippen molar-refractivity contribution in [2.24, 2.45) is 11.8 Å². The lowest BCUT2D eigenvalue weighted by molar-refractivity contribution is -0.141. The van der Waals surface area contributed by atoms with Gasteiger partial charge in [0.05, 0.1) is 12.0 Å². The van der Waals surface area contributed by atoms with Crippen molar-refractivity contribution in [3.05, 3.63) is 42.0 Å². The molecule has 2 aromatic carbocycles. The lowest BCUT2D eigenvalue weighted by Gasteiger charge is -2.28. The van der Waals surface area contributed by atoms with Crippen LogP contribution in [0.25, 0.3) is 10.8 Å². The predicted octanol–water partition coefficient (Wildman–Crippen LogP) is 5.09. The molecule has 0 aromatic heterocycles. The van der Waals surface area contributed by atoms with Gasteiger partial charge in [-0.15, -0.1) is 0 Å². The number of rotatable bonds is 6. The van der Waals surface area contributed by atoms with Crippen LogP contribution in [0.2, 0.25) is 0 Å². The van der Waals surface area contributed by atoms with E-state index in [-0.39, 0.29) is 5.92 Å². The van der Waals surface area contributed by atoms with E-state index >= 15 is 0 Å². The molecule has 0 unspecified atom stereocenters. The molecule has 1 heterocycles. The number of ether oxygens (including phenoxy) is 1.